The summed E-state index contributed by atoms with van der Waals surface area (Å²) in [6, 6.07) is 29.3. The highest BCUT2D eigenvalue weighted by Gasteiger charge is 2.54. The molecule has 0 bridgehead atoms. The Hall–Kier alpha value is -5.60. The topological polar surface area (TPSA) is 123 Å². The third-order valence-corrected chi connectivity index (χ3v) is 18.1. The summed E-state index contributed by atoms with van der Waals surface area (Å²) >= 11 is 18.0. The van der Waals surface area contributed by atoms with Gasteiger partial charge in [0, 0.05) is 82.8 Å². The lowest BCUT2D eigenvalue weighted by Crippen LogP contribution is -2.51. The van der Waals surface area contributed by atoms with Crippen LogP contribution in [0.3, 0.4) is 0 Å². The molecule has 6 aliphatic rings. The molecule has 3 N–H and O–H groups in total. The van der Waals surface area contributed by atoms with Crippen LogP contribution in [0.15, 0.2) is 114 Å². The quantitative estimate of drug-likeness (QED) is 0.0713. The van der Waals surface area contributed by atoms with Crippen LogP contribution in [0.5, 0.6) is 17.2 Å². The number of fused-ring (bicyclic) bond motifs is 9. The SMILES string of the molecule is C.N[C@@H]1CC[C@@]2(Cc3ccc(Cl)cc3)c3c(F)ccc(F)c3OC[C@H]2C1.O[C@H]1CC[C@@]2(Cc3ccc(Cl)cc3)c3c(F)ccc(F)c3OC[C@H]2C1.[N-]=[N+]=N[C@@H]1CC[C@@]2(Cc3ccc(Cl)cc3)c3c(F)ccc(F)c3OC[C@H]2C1. The van der Waals surface area contributed by atoms with Crippen molar-refractivity contribution in [2.75, 3.05) is 19.8 Å². The van der Waals surface area contributed by atoms with Crippen LogP contribution < -0.4 is 19.9 Å². The van der Waals surface area contributed by atoms with Gasteiger partial charge in [-0.1, -0.05) is 83.7 Å². The van der Waals surface area contributed by atoms with Crippen molar-refractivity contribution in [2.24, 2.45) is 28.6 Å². The minimum atomic E-state index is -0.602. The monoisotopic (exact) mass is 1130 g/mol. The fraction of sp³-hybridized carbons (Fsp3) is 0.410. The summed E-state index contributed by atoms with van der Waals surface area (Å²) in [5.74, 6) is -2.81. The molecule has 3 aliphatic heterocycles. The lowest BCUT2D eigenvalue weighted by atomic mass is 9.58. The molecular formula is C61H61Cl3F6N4O4. The first-order chi connectivity index (χ1) is 37.0. The van der Waals surface area contributed by atoms with E-state index in [4.69, 9.17) is 60.3 Å². The summed E-state index contributed by atoms with van der Waals surface area (Å²) < 4.78 is 104. The zero-order valence-corrected chi connectivity index (χ0v) is 44.2. The molecule has 17 heteroatoms. The number of ether oxygens (including phenoxy) is 3. The van der Waals surface area contributed by atoms with Crippen molar-refractivity contribution in [1.29, 1.82) is 0 Å². The maximum atomic E-state index is 14.9. The van der Waals surface area contributed by atoms with Gasteiger partial charge >= 0.3 is 0 Å². The Labute approximate surface area is 465 Å². The lowest BCUT2D eigenvalue weighted by Gasteiger charge is -2.49. The maximum absolute atomic E-state index is 14.9. The van der Waals surface area contributed by atoms with Crippen LogP contribution in [-0.4, -0.2) is 43.1 Å². The molecule has 12 rings (SSSR count). The molecule has 3 saturated carbocycles. The standard InChI is InChI=1S/C20H18ClF2N3O.C20H20ClF2NO.C20H19ClF2O2.CH4/c21-14-3-1-12(2-4-14)10-20-8-7-15(25-26-24)9-13(20)11-27-19-17(23)6-5-16(22)18(19)20;2*21-14-3-1-12(2-4-14)10-20-8-7-15(24)9-13(20)11-25-19-17(23)6-5-16(22)18(19)20;/h1-6,13,15H,7-11H2;1-6,13,15H,7-11,24H2;1-6,13,15,24H,7-11H2;1H4/t2*13-,15-,20+;13-,15+,20+;/m111./s1. The van der Waals surface area contributed by atoms with E-state index in [0.29, 0.717) is 96.2 Å². The number of halogens is 9. The Morgan fingerprint density at radius 2 is 0.833 bits per heavy atom. The Morgan fingerprint density at radius 3 is 1.22 bits per heavy atom. The minimum absolute atomic E-state index is 0. The molecule has 3 heterocycles. The Morgan fingerprint density at radius 1 is 0.500 bits per heavy atom. The van der Waals surface area contributed by atoms with Crippen molar-refractivity contribution >= 4 is 34.8 Å². The van der Waals surface area contributed by atoms with Crippen LogP contribution in [0.2, 0.25) is 15.1 Å². The molecule has 412 valence electrons. The highest BCUT2D eigenvalue weighted by atomic mass is 35.5. The van der Waals surface area contributed by atoms with Crippen LogP contribution in [0.1, 0.15) is 98.6 Å². The van der Waals surface area contributed by atoms with Crippen LogP contribution in [0, 0.1) is 52.7 Å². The molecule has 8 nitrogen and oxygen atoms in total. The van der Waals surface area contributed by atoms with E-state index in [1.165, 1.54) is 18.2 Å². The summed E-state index contributed by atoms with van der Waals surface area (Å²) in [6.45, 7) is 0.936. The molecule has 3 fully saturated rings. The fourth-order valence-corrected chi connectivity index (χ4v) is 14.0. The molecule has 6 aromatic carbocycles. The second-order valence-corrected chi connectivity index (χ2v) is 23.0. The minimum Gasteiger partial charge on any atom is -0.490 e. The molecule has 0 aromatic heterocycles. The van der Waals surface area contributed by atoms with Crippen molar-refractivity contribution in [3.8, 4) is 17.2 Å². The van der Waals surface area contributed by atoms with E-state index in [2.05, 4.69) is 10.0 Å². The molecule has 9 atom stereocenters. The van der Waals surface area contributed by atoms with Gasteiger partial charge in [-0.15, -0.1) is 0 Å². The van der Waals surface area contributed by atoms with E-state index < -0.39 is 57.3 Å². The van der Waals surface area contributed by atoms with Gasteiger partial charge in [0.25, 0.3) is 0 Å². The molecule has 78 heavy (non-hydrogen) atoms. The summed E-state index contributed by atoms with van der Waals surface area (Å²) in [5, 5.41) is 15.9. The van der Waals surface area contributed by atoms with Crippen molar-refractivity contribution in [3.63, 3.8) is 0 Å². The zero-order valence-electron chi connectivity index (χ0n) is 42.0. The second kappa shape index (κ2) is 23.6. The molecule has 0 saturated heterocycles. The van der Waals surface area contributed by atoms with Crippen LogP contribution in [-0.2, 0) is 35.5 Å². The van der Waals surface area contributed by atoms with Crippen molar-refractivity contribution in [1.82, 2.24) is 0 Å². The van der Waals surface area contributed by atoms with Gasteiger partial charge in [0.15, 0.2) is 34.7 Å². The number of benzene rings is 6. The van der Waals surface area contributed by atoms with Crippen LogP contribution >= 0.6 is 34.8 Å². The van der Waals surface area contributed by atoms with Gasteiger partial charge in [-0.05, 0) is 172 Å². The number of nitrogens with zero attached hydrogens (tertiary/aromatic N) is 3. The predicted molar refractivity (Wildman–Crippen MR) is 292 cm³/mol. The van der Waals surface area contributed by atoms with Crippen molar-refractivity contribution in [3.05, 3.63) is 203 Å². The number of aliphatic hydroxyl groups is 1. The van der Waals surface area contributed by atoms with Crippen LogP contribution in [0.4, 0.5) is 26.3 Å². The molecule has 0 spiro atoms. The van der Waals surface area contributed by atoms with E-state index in [1.807, 2.05) is 60.7 Å². The number of hydrogen-bond donors (Lipinski definition) is 2. The van der Waals surface area contributed by atoms with Gasteiger partial charge in [-0.3, -0.25) is 0 Å². The lowest BCUT2D eigenvalue weighted by molar-refractivity contribution is 0.00912. The Kier molecular flexibility index (Phi) is 17.3. The largest absolute Gasteiger partial charge is 0.490 e. The van der Waals surface area contributed by atoms with E-state index in [0.717, 1.165) is 54.2 Å². The number of azide groups is 1. The summed E-state index contributed by atoms with van der Waals surface area (Å²) in [5.41, 5.74) is 17.4. The van der Waals surface area contributed by atoms with Crippen LogP contribution in [0.25, 0.3) is 10.4 Å². The van der Waals surface area contributed by atoms with Gasteiger partial charge in [-0.2, -0.15) is 0 Å². The van der Waals surface area contributed by atoms with Gasteiger partial charge in [0.1, 0.15) is 17.5 Å². The molecule has 0 radical (unpaired) electrons. The van der Waals surface area contributed by atoms with E-state index in [-0.39, 0.29) is 67.7 Å². The average Bonchev–Trinajstić information content (AvgIpc) is 3.49. The van der Waals surface area contributed by atoms with Gasteiger partial charge in [0.2, 0.25) is 0 Å². The normalized spacial score (nSPS) is 27.1. The number of nitrogens with two attached hydrogens (primary N) is 1. The third-order valence-electron chi connectivity index (χ3n) is 17.3. The van der Waals surface area contributed by atoms with Gasteiger partial charge in [0.05, 0.1) is 25.9 Å². The Balaban J connectivity index is 0.000000141. The number of hydrogen-bond acceptors (Lipinski definition) is 6. The molecular weight excluding hydrogens is 1070 g/mol. The number of rotatable bonds is 7. The van der Waals surface area contributed by atoms with E-state index in [9.17, 15) is 31.4 Å². The molecule has 0 amide bonds. The maximum Gasteiger partial charge on any atom is 0.165 e. The first-order valence-corrected chi connectivity index (χ1v) is 27.2. The fourth-order valence-electron chi connectivity index (χ4n) is 13.6. The van der Waals surface area contributed by atoms with Gasteiger partial charge < -0.3 is 25.1 Å². The molecule has 0 unspecified atom stereocenters. The molecule has 3 aliphatic carbocycles. The summed E-state index contributed by atoms with van der Waals surface area (Å²) in [6.07, 6.45) is 7.09. The highest BCUT2D eigenvalue weighted by molar-refractivity contribution is 6.31. The predicted octanol–water partition coefficient (Wildman–Crippen LogP) is 15.9. The summed E-state index contributed by atoms with van der Waals surface area (Å²) in [4.78, 5) is 2.92. The Bertz CT molecular complexity index is 3040. The number of aliphatic hydroxyl groups excluding tert-OH is 1. The first kappa shape index (κ1) is 57.1. The zero-order chi connectivity index (χ0) is 54.2. The average molecular weight is 1130 g/mol. The van der Waals surface area contributed by atoms with E-state index in [1.54, 1.807) is 12.1 Å². The van der Waals surface area contributed by atoms with Gasteiger partial charge in [-0.25, -0.2) is 26.3 Å². The highest BCUT2D eigenvalue weighted by Crippen LogP contribution is 2.56. The molecule has 6 aromatic rings. The van der Waals surface area contributed by atoms with Crippen molar-refractivity contribution < 1.29 is 45.7 Å². The second-order valence-electron chi connectivity index (χ2n) is 21.7. The van der Waals surface area contributed by atoms with E-state index >= 15 is 0 Å². The smallest absolute Gasteiger partial charge is 0.165 e. The van der Waals surface area contributed by atoms with Crippen molar-refractivity contribution in [2.45, 2.75) is 119 Å². The first-order valence-electron chi connectivity index (χ1n) is 26.1. The third kappa shape index (κ3) is 11.1. The summed E-state index contributed by atoms with van der Waals surface area (Å²) in [7, 11) is 0.